The molecule has 0 bridgehead atoms. The predicted octanol–water partition coefficient (Wildman–Crippen LogP) is 3.33. The van der Waals surface area contributed by atoms with Gasteiger partial charge in [-0.05, 0) is 12.8 Å². The standard InChI is InChI=1S/C9H18S2/c10-8-6-4-2-1-3-5-7-9(8)11/h8-11H,1-7H2. The third-order valence-corrected chi connectivity index (χ3v) is 3.92. The van der Waals surface area contributed by atoms with Crippen LogP contribution in [0.15, 0.2) is 0 Å². The molecule has 0 heterocycles. The van der Waals surface area contributed by atoms with Crippen molar-refractivity contribution in [3.8, 4) is 0 Å². The molecule has 1 rings (SSSR count). The largest absolute Gasteiger partial charge is 0.175 e. The monoisotopic (exact) mass is 190 g/mol. The Morgan fingerprint density at radius 2 is 1.00 bits per heavy atom. The van der Waals surface area contributed by atoms with Gasteiger partial charge in [0.15, 0.2) is 0 Å². The lowest BCUT2D eigenvalue weighted by atomic mass is 10.1. The molecule has 2 unspecified atom stereocenters. The Kier molecular flexibility index (Phi) is 4.77. The zero-order valence-corrected chi connectivity index (χ0v) is 8.79. The van der Waals surface area contributed by atoms with Crippen molar-refractivity contribution >= 4 is 25.3 Å². The highest BCUT2D eigenvalue weighted by atomic mass is 32.1. The van der Waals surface area contributed by atoms with Crippen molar-refractivity contribution < 1.29 is 0 Å². The Hall–Kier alpha value is 0.700. The first kappa shape index (κ1) is 9.79. The topological polar surface area (TPSA) is 0 Å². The molecule has 66 valence electrons. The normalized spacial score (nSPS) is 35.5. The maximum atomic E-state index is 4.54. The van der Waals surface area contributed by atoms with Crippen molar-refractivity contribution in [3.05, 3.63) is 0 Å². The molecule has 0 amide bonds. The Bertz CT molecular complexity index is 91.7. The molecule has 2 heteroatoms. The minimum atomic E-state index is 0.538. The molecular formula is C9H18S2. The van der Waals surface area contributed by atoms with Crippen molar-refractivity contribution in [2.24, 2.45) is 0 Å². The molecule has 0 aromatic carbocycles. The Morgan fingerprint density at radius 1 is 0.636 bits per heavy atom. The van der Waals surface area contributed by atoms with Crippen LogP contribution in [0.25, 0.3) is 0 Å². The Labute approximate surface area is 81.0 Å². The van der Waals surface area contributed by atoms with Gasteiger partial charge in [0.2, 0.25) is 0 Å². The fourth-order valence-electron chi connectivity index (χ4n) is 1.62. The van der Waals surface area contributed by atoms with Crippen LogP contribution in [-0.2, 0) is 0 Å². The van der Waals surface area contributed by atoms with Gasteiger partial charge >= 0.3 is 0 Å². The summed E-state index contributed by atoms with van der Waals surface area (Å²) >= 11 is 9.09. The second kappa shape index (κ2) is 5.36. The molecule has 0 saturated heterocycles. The van der Waals surface area contributed by atoms with Gasteiger partial charge in [-0.1, -0.05) is 32.1 Å². The van der Waals surface area contributed by atoms with Gasteiger partial charge in [-0.2, -0.15) is 25.3 Å². The summed E-state index contributed by atoms with van der Waals surface area (Å²) in [6, 6.07) is 0. The van der Waals surface area contributed by atoms with Crippen LogP contribution in [-0.4, -0.2) is 10.5 Å². The highest BCUT2D eigenvalue weighted by Crippen LogP contribution is 2.24. The Morgan fingerprint density at radius 3 is 1.45 bits per heavy atom. The fraction of sp³-hybridized carbons (Fsp3) is 1.00. The van der Waals surface area contributed by atoms with Gasteiger partial charge in [-0.3, -0.25) is 0 Å². The summed E-state index contributed by atoms with van der Waals surface area (Å²) in [6.45, 7) is 0. The lowest BCUT2D eigenvalue weighted by molar-refractivity contribution is 0.626. The molecule has 2 atom stereocenters. The SMILES string of the molecule is SC1CCCCCCCC1S. The lowest BCUT2D eigenvalue weighted by Crippen LogP contribution is -2.14. The molecule has 0 radical (unpaired) electrons. The molecule has 0 N–H and O–H groups in total. The van der Waals surface area contributed by atoms with Gasteiger partial charge in [0, 0.05) is 10.5 Å². The summed E-state index contributed by atoms with van der Waals surface area (Å²) in [5.74, 6) is 0. The molecular weight excluding hydrogens is 172 g/mol. The molecule has 0 nitrogen and oxygen atoms in total. The van der Waals surface area contributed by atoms with Crippen LogP contribution in [0.4, 0.5) is 0 Å². The van der Waals surface area contributed by atoms with E-state index in [4.69, 9.17) is 0 Å². The zero-order valence-electron chi connectivity index (χ0n) is 7.00. The first-order valence-electron chi connectivity index (χ1n) is 4.67. The van der Waals surface area contributed by atoms with Crippen LogP contribution in [0.1, 0.15) is 44.9 Å². The van der Waals surface area contributed by atoms with E-state index in [2.05, 4.69) is 25.3 Å². The number of rotatable bonds is 0. The maximum Gasteiger partial charge on any atom is 0.0133 e. The summed E-state index contributed by atoms with van der Waals surface area (Å²) < 4.78 is 0. The summed E-state index contributed by atoms with van der Waals surface area (Å²) in [4.78, 5) is 0. The lowest BCUT2D eigenvalue weighted by Gasteiger charge is -2.16. The molecule has 1 aliphatic carbocycles. The minimum absolute atomic E-state index is 0.538. The summed E-state index contributed by atoms with van der Waals surface area (Å²) in [6.07, 6.45) is 9.45. The molecule has 0 aromatic heterocycles. The average Bonchev–Trinajstić information content (AvgIpc) is 2.07. The van der Waals surface area contributed by atoms with E-state index in [0.717, 1.165) is 0 Å². The van der Waals surface area contributed by atoms with Gasteiger partial charge in [-0.15, -0.1) is 0 Å². The van der Waals surface area contributed by atoms with Crippen LogP contribution < -0.4 is 0 Å². The van der Waals surface area contributed by atoms with Gasteiger partial charge in [0.05, 0.1) is 0 Å². The van der Waals surface area contributed by atoms with Crippen LogP contribution in [0.2, 0.25) is 0 Å². The second-order valence-corrected chi connectivity index (χ2v) is 4.81. The molecule has 1 fully saturated rings. The van der Waals surface area contributed by atoms with Crippen LogP contribution in [0.5, 0.6) is 0 Å². The van der Waals surface area contributed by atoms with Gasteiger partial charge < -0.3 is 0 Å². The van der Waals surface area contributed by atoms with Crippen LogP contribution in [0.3, 0.4) is 0 Å². The van der Waals surface area contributed by atoms with Gasteiger partial charge in [0.1, 0.15) is 0 Å². The van der Waals surface area contributed by atoms with E-state index in [9.17, 15) is 0 Å². The van der Waals surface area contributed by atoms with E-state index in [-0.39, 0.29) is 0 Å². The quantitative estimate of drug-likeness (QED) is 0.538. The van der Waals surface area contributed by atoms with Crippen molar-refractivity contribution in [2.75, 3.05) is 0 Å². The fourth-order valence-corrected chi connectivity index (χ4v) is 2.29. The van der Waals surface area contributed by atoms with Crippen molar-refractivity contribution in [3.63, 3.8) is 0 Å². The smallest absolute Gasteiger partial charge is 0.0133 e. The molecule has 11 heavy (non-hydrogen) atoms. The maximum absolute atomic E-state index is 4.54. The van der Waals surface area contributed by atoms with Crippen molar-refractivity contribution in [2.45, 2.75) is 55.4 Å². The van der Waals surface area contributed by atoms with Gasteiger partial charge in [0.25, 0.3) is 0 Å². The molecule has 1 saturated carbocycles. The van der Waals surface area contributed by atoms with E-state index >= 15 is 0 Å². The number of thiol groups is 2. The molecule has 0 aromatic rings. The van der Waals surface area contributed by atoms with Crippen molar-refractivity contribution in [1.82, 2.24) is 0 Å². The number of hydrogen-bond donors (Lipinski definition) is 2. The highest BCUT2D eigenvalue weighted by molar-refractivity contribution is 7.85. The van der Waals surface area contributed by atoms with Crippen LogP contribution in [0, 0.1) is 0 Å². The summed E-state index contributed by atoms with van der Waals surface area (Å²) in [7, 11) is 0. The first-order chi connectivity index (χ1) is 5.30. The third-order valence-electron chi connectivity index (χ3n) is 2.44. The molecule has 1 aliphatic rings. The summed E-state index contributed by atoms with van der Waals surface area (Å²) in [5.41, 5.74) is 0. The third kappa shape index (κ3) is 3.75. The summed E-state index contributed by atoms with van der Waals surface area (Å²) in [5, 5.41) is 1.08. The van der Waals surface area contributed by atoms with E-state index in [1.165, 1.54) is 44.9 Å². The van der Waals surface area contributed by atoms with Crippen LogP contribution >= 0.6 is 25.3 Å². The first-order valence-corrected chi connectivity index (χ1v) is 5.70. The van der Waals surface area contributed by atoms with E-state index < -0.39 is 0 Å². The highest BCUT2D eigenvalue weighted by Gasteiger charge is 2.14. The van der Waals surface area contributed by atoms with Crippen molar-refractivity contribution in [1.29, 1.82) is 0 Å². The van der Waals surface area contributed by atoms with Gasteiger partial charge in [-0.25, -0.2) is 0 Å². The van der Waals surface area contributed by atoms with E-state index in [1.54, 1.807) is 0 Å². The minimum Gasteiger partial charge on any atom is -0.175 e. The van der Waals surface area contributed by atoms with E-state index in [0.29, 0.717) is 10.5 Å². The zero-order chi connectivity index (χ0) is 8.10. The molecule has 0 spiro atoms. The van der Waals surface area contributed by atoms with E-state index in [1.807, 2.05) is 0 Å². The predicted molar refractivity (Wildman–Crippen MR) is 57.9 cm³/mol. The number of hydrogen-bond acceptors (Lipinski definition) is 2. The molecule has 0 aliphatic heterocycles. The Balaban J connectivity index is 2.29. The second-order valence-electron chi connectivity index (χ2n) is 3.48. The average molecular weight is 190 g/mol.